The minimum Gasteiger partial charge on any atom is -0.382 e. The molecule has 4 nitrogen and oxygen atoms in total. The van der Waals surface area contributed by atoms with E-state index < -0.39 is 0 Å². The highest BCUT2D eigenvalue weighted by molar-refractivity contribution is 5.37. The van der Waals surface area contributed by atoms with Crippen molar-refractivity contribution in [2.24, 2.45) is 0 Å². The van der Waals surface area contributed by atoms with Gasteiger partial charge < -0.3 is 5.73 Å². The molecule has 2 N–H and O–H groups in total. The average molecular weight is 206 g/mol. The zero-order chi connectivity index (χ0) is 10.3. The summed E-state index contributed by atoms with van der Waals surface area (Å²) >= 11 is 0. The van der Waals surface area contributed by atoms with Gasteiger partial charge in [0, 0.05) is 5.92 Å². The van der Waals surface area contributed by atoms with E-state index >= 15 is 0 Å². The Labute approximate surface area is 89.8 Å². The molecule has 0 saturated heterocycles. The van der Waals surface area contributed by atoms with Crippen LogP contribution in [0, 0.1) is 0 Å². The van der Waals surface area contributed by atoms with Gasteiger partial charge in [0.05, 0.1) is 6.04 Å². The van der Waals surface area contributed by atoms with Crippen molar-refractivity contribution in [3.8, 4) is 0 Å². The highest BCUT2D eigenvalue weighted by atomic mass is 15.5. The molecule has 0 atom stereocenters. The van der Waals surface area contributed by atoms with E-state index in [4.69, 9.17) is 5.73 Å². The van der Waals surface area contributed by atoms with Crippen molar-refractivity contribution >= 4 is 5.82 Å². The molecule has 0 radical (unpaired) electrons. The third kappa shape index (κ3) is 1.43. The van der Waals surface area contributed by atoms with E-state index in [9.17, 15) is 0 Å². The van der Waals surface area contributed by atoms with Crippen molar-refractivity contribution in [3.05, 3.63) is 5.69 Å². The zero-order valence-electron chi connectivity index (χ0n) is 9.02. The molecule has 15 heavy (non-hydrogen) atoms. The van der Waals surface area contributed by atoms with Crippen LogP contribution in [-0.4, -0.2) is 15.0 Å². The van der Waals surface area contributed by atoms with Gasteiger partial charge in [0.2, 0.25) is 0 Å². The quantitative estimate of drug-likeness (QED) is 0.807. The molecule has 2 saturated carbocycles. The van der Waals surface area contributed by atoms with Gasteiger partial charge in [0.25, 0.3) is 0 Å². The number of nitrogens with two attached hydrogens (primary N) is 1. The Hall–Kier alpha value is -1.06. The van der Waals surface area contributed by atoms with Gasteiger partial charge in [-0.05, 0) is 32.1 Å². The molecule has 0 aromatic carbocycles. The first-order chi connectivity index (χ1) is 7.36. The lowest BCUT2D eigenvalue weighted by Crippen LogP contribution is -2.20. The number of anilines is 1. The standard InChI is InChI=1S/C11H18N4/c12-11-10(8-4-1-2-5-8)13-14-15(11)9-6-3-7-9/h8-9H,1-7,12H2. The summed E-state index contributed by atoms with van der Waals surface area (Å²) in [6, 6.07) is 0.535. The molecule has 0 unspecified atom stereocenters. The molecule has 2 aliphatic rings. The highest BCUT2D eigenvalue weighted by Gasteiger charge is 2.28. The van der Waals surface area contributed by atoms with E-state index in [2.05, 4.69) is 10.3 Å². The van der Waals surface area contributed by atoms with Crippen LogP contribution in [0.3, 0.4) is 0 Å². The summed E-state index contributed by atoms with van der Waals surface area (Å²) in [5.41, 5.74) is 7.20. The molecule has 0 amide bonds. The smallest absolute Gasteiger partial charge is 0.146 e. The minimum atomic E-state index is 0.535. The van der Waals surface area contributed by atoms with Gasteiger partial charge in [0.15, 0.2) is 0 Å². The molecule has 1 aromatic rings. The molecule has 1 heterocycles. The van der Waals surface area contributed by atoms with Crippen LogP contribution in [0.1, 0.15) is 62.6 Å². The van der Waals surface area contributed by atoms with Gasteiger partial charge in [-0.3, -0.25) is 0 Å². The summed E-state index contributed by atoms with van der Waals surface area (Å²) in [7, 11) is 0. The predicted molar refractivity (Wildman–Crippen MR) is 58.5 cm³/mol. The normalized spacial score (nSPS) is 23.2. The van der Waals surface area contributed by atoms with E-state index in [0.29, 0.717) is 12.0 Å². The summed E-state index contributed by atoms with van der Waals surface area (Å²) < 4.78 is 1.96. The van der Waals surface area contributed by atoms with Gasteiger partial charge in [-0.1, -0.05) is 18.1 Å². The third-order valence-corrected chi connectivity index (χ3v) is 3.92. The Balaban J connectivity index is 1.85. The number of rotatable bonds is 2. The van der Waals surface area contributed by atoms with Crippen LogP contribution in [0.15, 0.2) is 0 Å². The SMILES string of the molecule is Nc1c(C2CCCC2)nnn1C1CCC1. The second-order valence-corrected chi connectivity index (χ2v) is 4.87. The Morgan fingerprint density at radius 2 is 1.80 bits per heavy atom. The molecule has 2 aliphatic carbocycles. The lowest BCUT2D eigenvalue weighted by molar-refractivity contribution is 0.288. The molecule has 0 spiro atoms. The maximum atomic E-state index is 6.13. The molecule has 2 fully saturated rings. The molecular weight excluding hydrogens is 188 g/mol. The number of aromatic nitrogens is 3. The monoisotopic (exact) mass is 206 g/mol. The predicted octanol–water partition coefficient (Wildman–Crippen LogP) is 2.24. The number of nitrogen functional groups attached to an aromatic ring is 1. The van der Waals surface area contributed by atoms with Crippen molar-refractivity contribution in [1.82, 2.24) is 15.0 Å². The first-order valence-corrected chi connectivity index (χ1v) is 6.07. The van der Waals surface area contributed by atoms with Gasteiger partial charge in [-0.2, -0.15) is 0 Å². The van der Waals surface area contributed by atoms with Crippen molar-refractivity contribution in [2.45, 2.75) is 56.9 Å². The fourth-order valence-corrected chi connectivity index (χ4v) is 2.70. The fraction of sp³-hybridized carbons (Fsp3) is 0.818. The molecule has 0 aliphatic heterocycles. The lowest BCUT2D eigenvalue weighted by atomic mass is 9.93. The summed E-state index contributed by atoms with van der Waals surface area (Å²) in [5.74, 6) is 1.42. The van der Waals surface area contributed by atoms with Gasteiger partial charge in [0.1, 0.15) is 11.5 Å². The second kappa shape index (κ2) is 3.51. The molecule has 82 valence electrons. The van der Waals surface area contributed by atoms with Crippen molar-refractivity contribution in [2.75, 3.05) is 5.73 Å². The third-order valence-electron chi connectivity index (χ3n) is 3.92. The summed E-state index contributed by atoms with van der Waals surface area (Å²) in [6.07, 6.45) is 8.87. The van der Waals surface area contributed by atoms with Crippen LogP contribution in [0.25, 0.3) is 0 Å². The van der Waals surface area contributed by atoms with E-state index in [1.54, 1.807) is 0 Å². The van der Waals surface area contributed by atoms with Crippen LogP contribution >= 0.6 is 0 Å². The van der Waals surface area contributed by atoms with Gasteiger partial charge in [-0.25, -0.2) is 4.68 Å². The Morgan fingerprint density at radius 1 is 1.07 bits per heavy atom. The van der Waals surface area contributed by atoms with Crippen molar-refractivity contribution in [1.29, 1.82) is 0 Å². The van der Waals surface area contributed by atoms with E-state index in [0.717, 1.165) is 11.5 Å². The molecule has 3 rings (SSSR count). The molecule has 0 bridgehead atoms. The van der Waals surface area contributed by atoms with Crippen LogP contribution in [0.4, 0.5) is 5.82 Å². The van der Waals surface area contributed by atoms with Gasteiger partial charge in [-0.15, -0.1) is 5.10 Å². The Morgan fingerprint density at radius 3 is 2.40 bits per heavy atom. The van der Waals surface area contributed by atoms with Crippen molar-refractivity contribution in [3.63, 3.8) is 0 Å². The van der Waals surface area contributed by atoms with E-state index in [-0.39, 0.29) is 0 Å². The number of hydrogen-bond donors (Lipinski definition) is 1. The first-order valence-electron chi connectivity index (χ1n) is 6.07. The maximum Gasteiger partial charge on any atom is 0.146 e. The highest BCUT2D eigenvalue weighted by Crippen LogP contribution is 2.38. The molecular formula is C11H18N4. The molecule has 1 aromatic heterocycles. The number of nitrogens with zero attached hydrogens (tertiary/aromatic N) is 3. The van der Waals surface area contributed by atoms with Gasteiger partial charge >= 0.3 is 0 Å². The van der Waals surface area contributed by atoms with Crippen LogP contribution in [0.5, 0.6) is 0 Å². The zero-order valence-corrected chi connectivity index (χ0v) is 9.02. The summed E-state index contributed by atoms with van der Waals surface area (Å²) in [5, 5.41) is 8.51. The minimum absolute atomic E-state index is 0.535. The number of hydrogen-bond acceptors (Lipinski definition) is 3. The molecule has 4 heteroatoms. The largest absolute Gasteiger partial charge is 0.382 e. The van der Waals surface area contributed by atoms with E-state index in [1.165, 1.54) is 44.9 Å². The average Bonchev–Trinajstić information content (AvgIpc) is 2.74. The Kier molecular flexibility index (Phi) is 2.15. The van der Waals surface area contributed by atoms with Crippen molar-refractivity contribution < 1.29 is 0 Å². The van der Waals surface area contributed by atoms with E-state index in [1.807, 2.05) is 4.68 Å². The summed E-state index contributed by atoms with van der Waals surface area (Å²) in [6.45, 7) is 0. The Bertz CT molecular complexity index is 347. The van der Waals surface area contributed by atoms with Crippen LogP contribution < -0.4 is 5.73 Å². The maximum absolute atomic E-state index is 6.13. The van der Waals surface area contributed by atoms with Crippen LogP contribution in [-0.2, 0) is 0 Å². The first kappa shape index (κ1) is 9.19. The topological polar surface area (TPSA) is 56.7 Å². The summed E-state index contributed by atoms with van der Waals surface area (Å²) in [4.78, 5) is 0. The second-order valence-electron chi connectivity index (χ2n) is 4.87. The lowest BCUT2D eigenvalue weighted by Gasteiger charge is -2.25. The van der Waals surface area contributed by atoms with Crippen LogP contribution in [0.2, 0.25) is 0 Å². The fourth-order valence-electron chi connectivity index (χ4n) is 2.70.